The van der Waals surface area contributed by atoms with E-state index in [1.807, 2.05) is 54.6 Å². The summed E-state index contributed by atoms with van der Waals surface area (Å²) in [5.74, 6) is -0.384. The van der Waals surface area contributed by atoms with Crippen LogP contribution in [0.5, 0.6) is 0 Å². The van der Waals surface area contributed by atoms with Crippen LogP contribution >= 0.6 is 0 Å². The number of nitrogens with zero attached hydrogens (tertiary/aromatic N) is 3. The molecule has 2 aromatic rings. The number of piperazine rings is 1. The van der Waals surface area contributed by atoms with Crippen molar-refractivity contribution < 1.29 is 9.59 Å². The molecule has 0 unspecified atom stereocenters. The van der Waals surface area contributed by atoms with E-state index in [2.05, 4.69) is 22.2 Å². The Morgan fingerprint density at radius 3 is 2.19 bits per heavy atom. The molecule has 2 aromatic carbocycles. The molecule has 0 radical (unpaired) electrons. The van der Waals surface area contributed by atoms with Crippen LogP contribution in [0.25, 0.3) is 0 Å². The molecule has 1 saturated heterocycles. The van der Waals surface area contributed by atoms with E-state index in [-0.39, 0.29) is 18.4 Å². The van der Waals surface area contributed by atoms with Crippen LogP contribution in [0.3, 0.4) is 0 Å². The standard InChI is InChI=1S/C21H26N4O2/c1-17(26)25(16-21(27)22-18-6-4-3-5-7-18)20-10-8-19(9-11-20)24-14-12-23(2)13-15-24/h3-11H,12-16H2,1-2H3,(H,22,27). The molecular weight excluding hydrogens is 340 g/mol. The number of nitrogens with one attached hydrogen (secondary N) is 1. The molecule has 3 rings (SSSR count). The summed E-state index contributed by atoms with van der Waals surface area (Å²) in [6.07, 6.45) is 0. The molecule has 6 heteroatoms. The van der Waals surface area contributed by atoms with Crippen LogP contribution in [-0.2, 0) is 9.59 Å². The highest BCUT2D eigenvalue weighted by atomic mass is 16.2. The molecular formula is C21H26N4O2. The third kappa shape index (κ3) is 5.08. The van der Waals surface area contributed by atoms with E-state index in [1.54, 1.807) is 0 Å². The van der Waals surface area contributed by atoms with Gasteiger partial charge >= 0.3 is 0 Å². The Bertz CT molecular complexity index is 769. The van der Waals surface area contributed by atoms with Gasteiger partial charge in [-0.05, 0) is 43.4 Å². The van der Waals surface area contributed by atoms with E-state index in [1.165, 1.54) is 11.8 Å². The SMILES string of the molecule is CC(=O)N(CC(=O)Nc1ccccc1)c1ccc(N2CCN(C)CC2)cc1. The van der Waals surface area contributed by atoms with E-state index in [0.717, 1.165) is 43.2 Å². The summed E-state index contributed by atoms with van der Waals surface area (Å²) >= 11 is 0. The van der Waals surface area contributed by atoms with Gasteiger partial charge in [-0.15, -0.1) is 0 Å². The van der Waals surface area contributed by atoms with Gasteiger partial charge in [0.1, 0.15) is 6.54 Å². The molecule has 0 atom stereocenters. The number of amides is 2. The molecule has 2 amide bonds. The van der Waals surface area contributed by atoms with Crippen molar-refractivity contribution >= 4 is 28.9 Å². The summed E-state index contributed by atoms with van der Waals surface area (Å²) in [6.45, 7) is 5.53. The van der Waals surface area contributed by atoms with Crippen LogP contribution < -0.4 is 15.1 Å². The van der Waals surface area contributed by atoms with Crippen molar-refractivity contribution in [2.45, 2.75) is 6.92 Å². The normalized spacial score (nSPS) is 14.7. The Morgan fingerprint density at radius 2 is 1.59 bits per heavy atom. The van der Waals surface area contributed by atoms with Crippen molar-refractivity contribution in [1.29, 1.82) is 0 Å². The Hall–Kier alpha value is -2.86. The fraction of sp³-hybridized carbons (Fsp3) is 0.333. The number of anilines is 3. The Kier molecular flexibility index (Phi) is 6.08. The average Bonchev–Trinajstić information content (AvgIpc) is 2.67. The molecule has 0 aliphatic carbocycles. The molecule has 0 aromatic heterocycles. The minimum atomic E-state index is -0.223. The highest BCUT2D eigenvalue weighted by molar-refractivity contribution is 6.01. The van der Waals surface area contributed by atoms with Gasteiger partial charge in [0.2, 0.25) is 11.8 Å². The van der Waals surface area contributed by atoms with Gasteiger partial charge in [-0.3, -0.25) is 9.59 Å². The summed E-state index contributed by atoms with van der Waals surface area (Å²) in [6, 6.07) is 17.1. The summed E-state index contributed by atoms with van der Waals surface area (Å²) < 4.78 is 0. The van der Waals surface area contributed by atoms with E-state index < -0.39 is 0 Å². The van der Waals surface area contributed by atoms with Crippen molar-refractivity contribution in [3.63, 3.8) is 0 Å². The molecule has 1 aliphatic rings. The number of para-hydroxylation sites is 1. The van der Waals surface area contributed by atoms with Crippen molar-refractivity contribution in [2.24, 2.45) is 0 Å². The zero-order chi connectivity index (χ0) is 19.2. The van der Waals surface area contributed by atoms with Crippen molar-refractivity contribution in [1.82, 2.24) is 4.90 Å². The second kappa shape index (κ2) is 8.68. The third-order valence-corrected chi connectivity index (χ3v) is 4.77. The van der Waals surface area contributed by atoms with Crippen molar-refractivity contribution in [3.8, 4) is 0 Å². The molecule has 0 saturated carbocycles. The number of carbonyl (C=O) groups excluding carboxylic acids is 2. The molecule has 142 valence electrons. The maximum atomic E-state index is 12.3. The maximum absolute atomic E-state index is 12.3. The van der Waals surface area contributed by atoms with Crippen LogP contribution in [-0.4, -0.2) is 56.5 Å². The second-order valence-corrected chi connectivity index (χ2v) is 6.83. The summed E-state index contributed by atoms with van der Waals surface area (Å²) in [7, 11) is 2.13. The highest BCUT2D eigenvalue weighted by Gasteiger charge is 2.18. The van der Waals surface area contributed by atoms with Crippen LogP contribution in [0.15, 0.2) is 54.6 Å². The zero-order valence-corrected chi connectivity index (χ0v) is 15.9. The fourth-order valence-electron chi connectivity index (χ4n) is 3.16. The lowest BCUT2D eigenvalue weighted by Gasteiger charge is -2.34. The Balaban J connectivity index is 1.66. The van der Waals surface area contributed by atoms with E-state index in [9.17, 15) is 9.59 Å². The molecule has 0 spiro atoms. The van der Waals surface area contributed by atoms with Crippen LogP contribution in [0.2, 0.25) is 0 Å². The quantitative estimate of drug-likeness (QED) is 0.883. The zero-order valence-electron chi connectivity index (χ0n) is 15.9. The summed E-state index contributed by atoms with van der Waals surface area (Å²) in [5, 5.41) is 2.82. The van der Waals surface area contributed by atoms with Crippen LogP contribution in [0.1, 0.15) is 6.92 Å². The van der Waals surface area contributed by atoms with Gasteiger partial charge in [0.05, 0.1) is 0 Å². The minimum Gasteiger partial charge on any atom is -0.369 e. The first-order valence-electron chi connectivity index (χ1n) is 9.19. The highest BCUT2D eigenvalue weighted by Crippen LogP contribution is 2.22. The molecule has 0 bridgehead atoms. The number of hydrogen-bond acceptors (Lipinski definition) is 4. The lowest BCUT2D eigenvalue weighted by molar-refractivity contribution is -0.120. The minimum absolute atomic E-state index is 0.0158. The molecule has 27 heavy (non-hydrogen) atoms. The first-order chi connectivity index (χ1) is 13.0. The van der Waals surface area contributed by atoms with Gasteiger partial charge in [0, 0.05) is 50.2 Å². The average molecular weight is 366 g/mol. The van der Waals surface area contributed by atoms with Crippen LogP contribution in [0, 0.1) is 0 Å². The van der Waals surface area contributed by atoms with Gasteiger partial charge in [0.25, 0.3) is 0 Å². The topological polar surface area (TPSA) is 55.9 Å². The van der Waals surface area contributed by atoms with Crippen LogP contribution in [0.4, 0.5) is 17.1 Å². The Morgan fingerprint density at radius 1 is 0.963 bits per heavy atom. The van der Waals surface area contributed by atoms with Gasteiger partial charge < -0.3 is 20.0 Å². The fourth-order valence-corrected chi connectivity index (χ4v) is 3.16. The monoisotopic (exact) mass is 366 g/mol. The van der Waals surface area contributed by atoms with Gasteiger partial charge in [-0.2, -0.15) is 0 Å². The molecule has 1 fully saturated rings. The first-order valence-corrected chi connectivity index (χ1v) is 9.19. The molecule has 1 N–H and O–H groups in total. The van der Waals surface area contributed by atoms with Crippen molar-refractivity contribution in [2.75, 3.05) is 54.9 Å². The van der Waals surface area contributed by atoms with Gasteiger partial charge in [0.15, 0.2) is 0 Å². The number of carbonyl (C=O) groups is 2. The molecule has 1 heterocycles. The number of hydrogen-bond donors (Lipinski definition) is 1. The lowest BCUT2D eigenvalue weighted by atomic mass is 10.2. The van der Waals surface area contributed by atoms with E-state index in [4.69, 9.17) is 0 Å². The number of rotatable bonds is 5. The Labute approximate surface area is 160 Å². The van der Waals surface area contributed by atoms with Gasteiger partial charge in [-0.1, -0.05) is 18.2 Å². The largest absolute Gasteiger partial charge is 0.369 e. The predicted octanol–water partition coefficient (Wildman–Crippen LogP) is 2.43. The molecule has 1 aliphatic heterocycles. The first kappa shape index (κ1) is 18.9. The van der Waals surface area contributed by atoms with Gasteiger partial charge in [-0.25, -0.2) is 0 Å². The van der Waals surface area contributed by atoms with E-state index >= 15 is 0 Å². The van der Waals surface area contributed by atoms with Crippen molar-refractivity contribution in [3.05, 3.63) is 54.6 Å². The lowest BCUT2D eigenvalue weighted by Crippen LogP contribution is -2.44. The molecule has 6 nitrogen and oxygen atoms in total. The maximum Gasteiger partial charge on any atom is 0.244 e. The predicted molar refractivity (Wildman–Crippen MR) is 109 cm³/mol. The second-order valence-electron chi connectivity index (χ2n) is 6.83. The third-order valence-electron chi connectivity index (χ3n) is 4.77. The smallest absolute Gasteiger partial charge is 0.244 e. The van der Waals surface area contributed by atoms with E-state index in [0.29, 0.717) is 0 Å². The summed E-state index contributed by atoms with van der Waals surface area (Å²) in [4.78, 5) is 30.6. The number of benzene rings is 2. The summed E-state index contributed by atoms with van der Waals surface area (Å²) in [5.41, 5.74) is 2.59. The number of likely N-dealkylation sites (N-methyl/N-ethyl adjacent to an activating group) is 1.